The van der Waals surface area contributed by atoms with E-state index in [1.807, 2.05) is 6.92 Å². The van der Waals surface area contributed by atoms with Crippen LogP contribution in [0.2, 0.25) is 0 Å². The van der Waals surface area contributed by atoms with Crippen molar-refractivity contribution in [1.29, 1.82) is 0 Å². The van der Waals surface area contributed by atoms with E-state index in [0.29, 0.717) is 11.3 Å². The SMILES string of the molecule is Cc1ccc(C(=O)c2ccncc2)o1. The van der Waals surface area contributed by atoms with E-state index in [9.17, 15) is 4.79 Å². The van der Waals surface area contributed by atoms with E-state index in [1.54, 1.807) is 36.7 Å². The predicted molar refractivity (Wildman–Crippen MR) is 51.1 cm³/mol. The van der Waals surface area contributed by atoms with Crippen molar-refractivity contribution in [2.24, 2.45) is 0 Å². The third-order valence-corrected chi connectivity index (χ3v) is 1.91. The van der Waals surface area contributed by atoms with Crippen LogP contribution < -0.4 is 0 Å². The number of carbonyl (C=O) groups excluding carboxylic acids is 1. The fourth-order valence-corrected chi connectivity index (χ4v) is 1.20. The second-order valence-corrected chi connectivity index (χ2v) is 2.98. The molecule has 0 atom stereocenters. The summed E-state index contributed by atoms with van der Waals surface area (Å²) in [4.78, 5) is 15.6. The van der Waals surface area contributed by atoms with Crippen molar-refractivity contribution in [1.82, 2.24) is 4.98 Å². The molecule has 0 unspecified atom stereocenters. The van der Waals surface area contributed by atoms with Gasteiger partial charge in [-0.15, -0.1) is 0 Å². The lowest BCUT2D eigenvalue weighted by molar-refractivity contribution is 0.101. The van der Waals surface area contributed by atoms with Gasteiger partial charge in [-0.25, -0.2) is 0 Å². The highest BCUT2D eigenvalue weighted by Crippen LogP contribution is 2.11. The van der Waals surface area contributed by atoms with Crippen molar-refractivity contribution in [3.05, 3.63) is 53.7 Å². The van der Waals surface area contributed by atoms with Gasteiger partial charge in [-0.3, -0.25) is 9.78 Å². The molecular weight excluding hydrogens is 178 g/mol. The molecule has 0 aliphatic rings. The van der Waals surface area contributed by atoms with Crippen molar-refractivity contribution in [3.63, 3.8) is 0 Å². The van der Waals surface area contributed by atoms with Crippen LogP contribution in [0.1, 0.15) is 21.9 Å². The number of ketones is 1. The van der Waals surface area contributed by atoms with Crippen molar-refractivity contribution >= 4 is 5.78 Å². The Balaban J connectivity index is 2.34. The number of furan rings is 1. The predicted octanol–water partition coefficient (Wildman–Crippen LogP) is 2.21. The minimum absolute atomic E-state index is 0.111. The zero-order chi connectivity index (χ0) is 9.97. The molecule has 0 saturated heterocycles. The monoisotopic (exact) mass is 187 g/mol. The zero-order valence-corrected chi connectivity index (χ0v) is 7.73. The zero-order valence-electron chi connectivity index (χ0n) is 7.73. The summed E-state index contributed by atoms with van der Waals surface area (Å²) in [5, 5.41) is 0. The molecule has 2 aromatic rings. The van der Waals surface area contributed by atoms with Crippen molar-refractivity contribution in [3.8, 4) is 0 Å². The van der Waals surface area contributed by atoms with Gasteiger partial charge in [-0.2, -0.15) is 0 Å². The van der Waals surface area contributed by atoms with E-state index in [-0.39, 0.29) is 5.78 Å². The Bertz CT molecular complexity index is 445. The number of nitrogens with zero attached hydrogens (tertiary/aromatic N) is 1. The van der Waals surface area contributed by atoms with Crippen LogP contribution in [0.3, 0.4) is 0 Å². The first-order valence-corrected chi connectivity index (χ1v) is 4.28. The average molecular weight is 187 g/mol. The van der Waals surface area contributed by atoms with Crippen LogP contribution in [0.4, 0.5) is 0 Å². The Morgan fingerprint density at radius 3 is 2.50 bits per heavy atom. The number of pyridine rings is 1. The van der Waals surface area contributed by atoms with Gasteiger partial charge in [-0.05, 0) is 31.2 Å². The lowest BCUT2D eigenvalue weighted by atomic mass is 10.1. The summed E-state index contributed by atoms with van der Waals surface area (Å²) >= 11 is 0. The molecule has 0 radical (unpaired) electrons. The summed E-state index contributed by atoms with van der Waals surface area (Å²) < 4.78 is 5.23. The Morgan fingerprint density at radius 2 is 1.93 bits per heavy atom. The first kappa shape index (κ1) is 8.69. The second kappa shape index (κ2) is 3.46. The van der Waals surface area contributed by atoms with Crippen molar-refractivity contribution in [2.75, 3.05) is 0 Å². The topological polar surface area (TPSA) is 43.1 Å². The maximum atomic E-state index is 11.7. The first-order chi connectivity index (χ1) is 6.77. The van der Waals surface area contributed by atoms with Gasteiger partial charge in [0.05, 0.1) is 0 Å². The normalized spacial score (nSPS) is 10.1. The van der Waals surface area contributed by atoms with Gasteiger partial charge in [0.25, 0.3) is 0 Å². The molecule has 3 nitrogen and oxygen atoms in total. The summed E-state index contributed by atoms with van der Waals surface area (Å²) in [6.45, 7) is 1.81. The van der Waals surface area contributed by atoms with E-state index in [0.717, 1.165) is 5.76 Å². The van der Waals surface area contributed by atoms with E-state index in [4.69, 9.17) is 4.42 Å². The van der Waals surface area contributed by atoms with E-state index >= 15 is 0 Å². The quantitative estimate of drug-likeness (QED) is 0.677. The molecule has 0 N–H and O–H groups in total. The van der Waals surface area contributed by atoms with Crippen LogP contribution in [0.15, 0.2) is 41.1 Å². The number of hydrogen-bond acceptors (Lipinski definition) is 3. The number of hydrogen-bond donors (Lipinski definition) is 0. The van der Waals surface area contributed by atoms with Gasteiger partial charge < -0.3 is 4.42 Å². The van der Waals surface area contributed by atoms with E-state index in [1.165, 1.54) is 0 Å². The molecule has 2 heterocycles. The Morgan fingerprint density at radius 1 is 1.21 bits per heavy atom. The second-order valence-electron chi connectivity index (χ2n) is 2.98. The molecule has 14 heavy (non-hydrogen) atoms. The summed E-state index contributed by atoms with van der Waals surface area (Å²) in [6.07, 6.45) is 3.17. The molecule has 3 heteroatoms. The standard InChI is InChI=1S/C11H9NO2/c1-8-2-3-10(14-8)11(13)9-4-6-12-7-5-9/h2-7H,1H3. The van der Waals surface area contributed by atoms with Gasteiger partial charge in [0.2, 0.25) is 5.78 Å². The minimum atomic E-state index is -0.111. The van der Waals surface area contributed by atoms with Crippen LogP contribution in [-0.2, 0) is 0 Å². The molecule has 0 aromatic carbocycles. The average Bonchev–Trinajstić information content (AvgIpc) is 2.65. The maximum Gasteiger partial charge on any atom is 0.228 e. The lowest BCUT2D eigenvalue weighted by Crippen LogP contribution is -1.98. The maximum absolute atomic E-state index is 11.7. The fourth-order valence-electron chi connectivity index (χ4n) is 1.20. The van der Waals surface area contributed by atoms with E-state index < -0.39 is 0 Å². The molecule has 0 fully saturated rings. The smallest absolute Gasteiger partial charge is 0.228 e. The van der Waals surface area contributed by atoms with Crippen LogP contribution in [-0.4, -0.2) is 10.8 Å². The van der Waals surface area contributed by atoms with Crippen LogP contribution in [0.5, 0.6) is 0 Å². The molecule has 0 aliphatic carbocycles. The van der Waals surface area contributed by atoms with Gasteiger partial charge >= 0.3 is 0 Å². The summed E-state index contributed by atoms with van der Waals surface area (Å²) in [5.74, 6) is 0.997. The number of aryl methyl sites for hydroxylation is 1. The minimum Gasteiger partial charge on any atom is -0.458 e. The molecule has 2 aromatic heterocycles. The lowest BCUT2D eigenvalue weighted by Gasteiger charge is -1.95. The largest absolute Gasteiger partial charge is 0.458 e. The molecule has 0 spiro atoms. The Labute approximate surface area is 81.4 Å². The summed E-state index contributed by atoms with van der Waals surface area (Å²) in [7, 11) is 0. The molecule has 2 rings (SSSR count). The number of carbonyl (C=O) groups is 1. The van der Waals surface area contributed by atoms with Crippen molar-refractivity contribution in [2.45, 2.75) is 6.92 Å². The fraction of sp³-hybridized carbons (Fsp3) is 0.0909. The highest BCUT2D eigenvalue weighted by molar-refractivity contribution is 6.06. The van der Waals surface area contributed by atoms with Crippen LogP contribution >= 0.6 is 0 Å². The van der Waals surface area contributed by atoms with Crippen molar-refractivity contribution < 1.29 is 9.21 Å². The Hall–Kier alpha value is -1.90. The highest BCUT2D eigenvalue weighted by Gasteiger charge is 2.11. The third kappa shape index (κ3) is 1.57. The number of aromatic nitrogens is 1. The molecule has 0 bridgehead atoms. The summed E-state index contributed by atoms with van der Waals surface area (Å²) in [6, 6.07) is 6.78. The Kier molecular flexibility index (Phi) is 2.14. The van der Waals surface area contributed by atoms with Crippen LogP contribution in [0, 0.1) is 6.92 Å². The molecular formula is C11H9NO2. The molecule has 70 valence electrons. The molecule has 0 saturated carbocycles. The van der Waals surface area contributed by atoms with Gasteiger partial charge in [0, 0.05) is 18.0 Å². The van der Waals surface area contributed by atoms with E-state index in [2.05, 4.69) is 4.98 Å². The van der Waals surface area contributed by atoms with Crippen LogP contribution in [0.25, 0.3) is 0 Å². The molecule has 0 aliphatic heterocycles. The van der Waals surface area contributed by atoms with Gasteiger partial charge in [0.1, 0.15) is 5.76 Å². The summed E-state index contributed by atoms with van der Waals surface area (Å²) in [5.41, 5.74) is 0.592. The third-order valence-electron chi connectivity index (χ3n) is 1.91. The molecule has 0 amide bonds. The number of rotatable bonds is 2. The highest BCUT2D eigenvalue weighted by atomic mass is 16.3. The van der Waals surface area contributed by atoms with Gasteiger partial charge in [-0.1, -0.05) is 0 Å². The van der Waals surface area contributed by atoms with Gasteiger partial charge in [0.15, 0.2) is 5.76 Å². The first-order valence-electron chi connectivity index (χ1n) is 4.28.